The van der Waals surface area contributed by atoms with Crippen LogP contribution in [0.5, 0.6) is 0 Å². The van der Waals surface area contributed by atoms with Crippen LogP contribution in [0.1, 0.15) is 23.7 Å². The van der Waals surface area contributed by atoms with E-state index in [0.717, 1.165) is 27.4 Å². The van der Waals surface area contributed by atoms with Crippen molar-refractivity contribution < 1.29 is 4.79 Å². The van der Waals surface area contributed by atoms with Crippen LogP contribution in [0, 0.1) is 0 Å². The minimum absolute atomic E-state index is 0.118. The van der Waals surface area contributed by atoms with Crippen molar-refractivity contribution in [2.75, 3.05) is 11.1 Å². The first-order chi connectivity index (χ1) is 9.69. The largest absolute Gasteiger partial charge is 0.322 e. The van der Waals surface area contributed by atoms with Gasteiger partial charge in [-0.3, -0.25) is 4.79 Å². The molecular formula is C15H15BrN2OS. The number of pyridine rings is 1. The maximum atomic E-state index is 12.2. The second-order valence-corrected chi connectivity index (χ2v) is 6.22. The number of thioether (sulfide) groups is 1. The Morgan fingerprint density at radius 2 is 2.05 bits per heavy atom. The van der Waals surface area contributed by atoms with E-state index in [1.165, 1.54) is 0 Å². The van der Waals surface area contributed by atoms with Crippen LogP contribution in [0.2, 0.25) is 0 Å². The summed E-state index contributed by atoms with van der Waals surface area (Å²) in [6, 6.07) is 11.1. The highest BCUT2D eigenvalue weighted by Gasteiger charge is 2.07. The first kappa shape index (κ1) is 15.1. The summed E-state index contributed by atoms with van der Waals surface area (Å²) >= 11 is 5.03. The van der Waals surface area contributed by atoms with Crippen molar-refractivity contribution in [3.05, 3.63) is 52.6 Å². The molecule has 0 aliphatic heterocycles. The molecular weight excluding hydrogens is 336 g/mol. The molecule has 1 heterocycles. The monoisotopic (exact) mass is 350 g/mol. The Morgan fingerprint density at radius 1 is 1.30 bits per heavy atom. The molecule has 2 rings (SSSR count). The fourth-order valence-electron chi connectivity index (χ4n) is 1.57. The molecule has 5 heteroatoms. The van der Waals surface area contributed by atoms with E-state index < -0.39 is 0 Å². The summed E-state index contributed by atoms with van der Waals surface area (Å²) in [6.07, 6.45) is 2.76. The Labute approximate surface area is 131 Å². The minimum atomic E-state index is -0.118. The first-order valence-corrected chi connectivity index (χ1v) is 8.12. The zero-order valence-electron chi connectivity index (χ0n) is 11.1. The molecule has 0 bridgehead atoms. The van der Waals surface area contributed by atoms with Crippen molar-refractivity contribution in [2.24, 2.45) is 0 Å². The molecule has 2 aromatic rings. The third-order valence-electron chi connectivity index (χ3n) is 2.55. The molecule has 0 spiro atoms. The lowest BCUT2D eigenvalue weighted by Crippen LogP contribution is -2.12. The Hall–Kier alpha value is -1.33. The standard InChI is InChI=1S/C15H15BrN2OS/c1-2-9-20-14-10-11(7-8-17-14)15(19)18-13-5-3-12(16)4-6-13/h3-8,10H,2,9H2,1H3,(H,18,19). The molecule has 1 aromatic carbocycles. The van der Waals surface area contributed by atoms with Crippen molar-refractivity contribution in [3.8, 4) is 0 Å². The first-order valence-electron chi connectivity index (χ1n) is 6.35. The lowest BCUT2D eigenvalue weighted by atomic mass is 10.2. The molecule has 3 nitrogen and oxygen atoms in total. The number of carbonyl (C=O) groups is 1. The van der Waals surface area contributed by atoms with Crippen LogP contribution in [-0.4, -0.2) is 16.6 Å². The summed E-state index contributed by atoms with van der Waals surface area (Å²) in [5, 5.41) is 3.76. The number of hydrogen-bond donors (Lipinski definition) is 1. The fraction of sp³-hybridized carbons (Fsp3) is 0.200. The average Bonchev–Trinajstić information content (AvgIpc) is 2.48. The SMILES string of the molecule is CCCSc1cc(C(=O)Nc2ccc(Br)cc2)ccn1. The molecule has 0 atom stereocenters. The molecule has 104 valence electrons. The summed E-state index contributed by atoms with van der Waals surface area (Å²) < 4.78 is 0.984. The summed E-state index contributed by atoms with van der Waals surface area (Å²) in [5.74, 6) is 0.887. The number of benzene rings is 1. The molecule has 1 amide bonds. The van der Waals surface area contributed by atoms with Gasteiger partial charge < -0.3 is 5.32 Å². The van der Waals surface area contributed by atoms with Gasteiger partial charge >= 0.3 is 0 Å². The fourth-order valence-corrected chi connectivity index (χ4v) is 2.60. The molecule has 0 aliphatic rings. The number of aromatic nitrogens is 1. The molecule has 0 saturated heterocycles. The van der Waals surface area contributed by atoms with Gasteiger partial charge in [-0.15, -0.1) is 11.8 Å². The van der Waals surface area contributed by atoms with E-state index in [4.69, 9.17) is 0 Å². The van der Waals surface area contributed by atoms with E-state index in [1.807, 2.05) is 30.3 Å². The van der Waals surface area contributed by atoms with Crippen LogP contribution in [0.4, 0.5) is 5.69 Å². The van der Waals surface area contributed by atoms with E-state index >= 15 is 0 Å². The maximum Gasteiger partial charge on any atom is 0.255 e. The third-order valence-corrected chi connectivity index (χ3v) is 4.21. The molecule has 0 radical (unpaired) electrons. The molecule has 20 heavy (non-hydrogen) atoms. The van der Waals surface area contributed by atoms with Crippen molar-refractivity contribution in [2.45, 2.75) is 18.4 Å². The van der Waals surface area contributed by atoms with Crippen molar-refractivity contribution in [1.82, 2.24) is 4.98 Å². The Morgan fingerprint density at radius 3 is 2.75 bits per heavy atom. The van der Waals surface area contributed by atoms with Crippen LogP contribution < -0.4 is 5.32 Å². The highest BCUT2D eigenvalue weighted by atomic mass is 79.9. The van der Waals surface area contributed by atoms with E-state index in [1.54, 1.807) is 24.0 Å². The maximum absolute atomic E-state index is 12.2. The van der Waals surface area contributed by atoms with Gasteiger partial charge in [0, 0.05) is 21.9 Å². The van der Waals surface area contributed by atoms with Gasteiger partial charge in [0.25, 0.3) is 5.91 Å². The average molecular weight is 351 g/mol. The van der Waals surface area contributed by atoms with Gasteiger partial charge in [-0.05, 0) is 48.6 Å². The van der Waals surface area contributed by atoms with Crippen molar-refractivity contribution >= 4 is 39.3 Å². The van der Waals surface area contributed by atoms with Crippen LogP contribution in [0.15, 0.2) is 52.1 Å². The smallest absolute Gasteiger partial charge is 0.255 e. The second kappa shape index (κ2) is 7.45. The molecule has 0 saturated carbocycles. The predicted octanol–water partition coefficient (Wildman–Crippen LogP) is 4.60. The van der Waals surface area contributed by atoms with E-state index in [0.29, 0.717) is 5.56 Å². The summed E-state index contributed by atoms with van der Waals surface area (Å²) in [6.45, 7) is 2.12. The van der Waals surface area contributed by atoms with Crippen LogP contribution >= 0.6 is 27.7 Å². The molecule has 0 fully saturated rings. The van der Waals surface area contributed by atoms with Crippen molar-refractivity contribution in [3.63, 3.8) is 0 Å². The topological polar surface area (TPSA) is 42.0 Å². The highest BCUT2D eigenvalue weighted by molar-refractivity contribution is 9.10. The van der Waals surface area contributed by atoms with Crippen LogP contribution in [0.3, 0.4) is 0 Å². The number of amides is 1. The number of anilines is 1. The van der Waals surface area contributed by atoms with E-state index in [9.17, 15) is 4.79 Å². The Bertz CT molecular complexity index is 587. The number of rotatable bonds is 5. The molecule has 0 unspecified atom stereocenters. The van der Waals surface area contributed by atoms with Gasteiger partial charge in [-0.25, -0.2) is 4.98 Å². The van der Waals surface area contributed by atoms with Gasteiger partial charge in [0.15, 0.2) is 0 Å². The van der Waals surface area contributed by atoms with Gasteiger partial charge in [0.05, 0.1) is 5.03 Å². The van der Waals surface area contributed by atoms with Gasteiger partial charge in [0.1, 0.15) is 0 Å². The Balaban J connectivity index is 2.06. The summed E-state index contributed by atoms with van der Waals surface area (Å²) in [7, 11) is 0. The predicted molar refractivity (Wildman–Crippen MR) is 87.3 cm³/mol. The molecule has 1 aromatic heterocycles. The lowest BCUT2D eigenvalue weighted by molar-refractivity contribution is 0.102. The summed E-state index contributed by atoms with van der Waals surface area (Å²) in [4.78, 5) is 16.4. The minimum Gasteiger partial charge on any atom is -0.322 e. The zero-order chi connectivity index (χ0) is 14.4. The number of halogens is 1. The number of nitrogens with one attached hydrogen (secondary N) is 1. The number of hydrogen-bond acceptors (Lipinski definition) is 3. The molecule has 0 aliphatic carbocycles. The van der Waals surface area contributed by atoms with Crippen LogP contribution in [0.25, 0.3) is 0 Å². The number of carbonyl (C=O) groups excluding carboxylic acids is 1. The molecule has 1 N–H and O–H groups in total. The third kappa shape index (κ3) is 4.35. The van der Waals surface area contributed by atoms with Gasteiger partial charge in [-0.2, -0.15) is 0 Å². The normalized spacial score (nSPS) is 10.3. The van der Waals surface area contributed by atoms with Gasteiger partial charge in [-0.1, -0.05) is 22.9 Å². The van der Waals surface area contributed by atoms with Crippen molar-refractivity contribution in [1.29, 1.82) is 0 Å². The van der Waals surface area contributed by atoms with Gasteiger partial charge in [0.2, 0.25) is 0 Å². The van der Waals surface area contributed by atoms with Crippen LogP contribution in [-0.2, 0) is 0 Å². The quantitative estimate of drug-likeness (QED) is 0.801. The summed E-state index contributed by atoms with van der Waals surface area (Å²) in [5.41, 5.74) is 1.40. The highest BCUT2D eigenvalue weighted by Crippen LogP contribution is 2.18. The second-order valence-electron chi connectivity index (χ2n) is 4.19. The van der Waals surface area contributed by atoms with E-state index in [-0.39, 0.29) is 5.91 Å². The number of nitrogens with zero attached hydrogens (tertiary/aromatic N) is 1. The van der Waals surface area contributed by atoms with E-state index in [2.05, 4.69) is 33.2 Å². The lowest BCUT2D eigenvalue weighted by Gasteiger charge is -2.06. The zero-order valence-corrected chi connectivity index (χ0v) is 13.5. The Kier molecular flexibility index (Phi) is 5.61.